The van der Waals surface area contributed by atoms with Crippen LogP contribution >= 0.6 is 0 Å². The molecular formula is C14H17N3O2. The van der Waals surface area contributed by atoms with Crippen molar-refractivity contribution in [3.63, 3.8) is 0 Å². The lowest BCUT2D eigenvalue weighted by Gasteiger charge is -2.13. The normalized spacial score (nSPS) is 12.3. The lowest BCUT2D eigenvalue weighted by molar-refractivity contribution is -0.138. The zero-order valence-electron chi connectivity index (χ0n) is 10.8. The van der Waals surface area contributed by atoms with E-state index in [1.807, 2.05) is 43.4 Å². The van der Waals surface area contributed by atoms with Crippen molar-refractivity contribution in [1.82, 2.24) is 15.1 Å². The Morgan fingerprint density at radius 3 is 2.68 bits per heavy atom. The Bertz CT molecular complexity index is 537. The zero-order valence-corrected chi connectivity index (χ0v) is 10.8. The Balaban J connectivity index is 1.95. The number of carbonyl (C=O) groups is 1. The van der Waals surface area contributed by atoms with Crippen LogP contribution in [0.3, 0.4) is 0 Å². The smallest absolute Gasteiger partial charge is 0.312 e. The molecule has 1 atom stereocenters. The van der Waals surface area contributed by atoms with Gasteiger partial charge in [-0.3, -0.25) is 9.48 Å². The van der Waals surface area contributed by atoms with Gasteiger partial charge in [0.25, 0.3) is 0 Å². The highest BCUT2D eigenvalue weighted by atomic mass is 16.4. The maximum atomic E-state index is 11.3. The van der Waals surface area contributed by atoms with Gasteiger partial charge in [-0.2, -0.15) is 5.10 Å². The molecule has 19 heavy (non-hydrogen) atoms. The van der Waals surface area contributed by atoms with Gasteiger partial charge in [0.05, 0.1) is 11.6 Å². The van der Waals surface area contributed by atoms with E-state index in [1.54, 1.807) is 10.9 Å². The predicted octanol–water partition coefficient (Wildman–Crippen LogP) is 1.38. The highest BCUT2D eigenvalue weighted by Gasteiger charge is 2.18. The molecule has 100 valence electrons. The molecule has 1 heterocycles. The van der Waals surface area contributed by atoms with Crippen LogP contribution in [0.2, 0.25) is 0 Å². The molecule has 0 aliphatic rings. The van der Waals surface area contributed by atoms with Crippen molar-refractivity contribution in [3.8, 4) is 0 Å². The first kappa shape index (κ1) is 13.3. The first-order valence-corrected chi connectivity index (χ1v) is 6.14. The lowest BCUT2D eigenvalue weighted by atomic mass is 9.99. The second-order valence-corrected chi connectivity index (χ2v) is 4.38. The van der Waals surface area contributed by atoms with Crippen LogP contribution in [-0.2, 0) is 18.4 Å². The summed E-state index contributed by atoms with van der Waals surface area (Å²) in [4.78, 5) is 11.3. The van der Waals surface area contributed by atoms with Gasteiger partial charge >= 0.3 is 5.97 Å². The zero-order chi connectivity index (χ0) is 13.7. The van der Waals surface area contributed by atoms with E-state index >= 15 is 0 Å². The summed E-state index contributed by atoms with van der Waals surface area (Å²) in [5.74, 6) is -1.35. The summed E-state index contributed by atoms with van der Waals surface area (Å²) in [7, 11) is 1.86. The van der Waals surface area contributed by atoms with Gasteiger partial charge in [0.15, 0.2) is 0 Å². The molecule has 0 amide bonds. The standard InChI is InChI=1S/C14H17N3O2/c1-17-12(7-8-16-17)9-15-10-13(14(18)19)11-5-3-2-4-6-11/h2-8,13,15H,9-10H2,1H3,(H,18,19). The number of nitrogens with one attached hydrogen (secondary N) is 1. The van der Waals surface area contributed by atoms with E-state index in [0.717, 1.165) is 11.3 Å². The molecule has 2 N–H and O–H groups in total. The Hall–Kier alpha value is -2.14. The number of carboxylic acids is 1. The van der Waals surface area contributed by atoms with Crippen molar-refractivity contribution in [2.75, 3.05) is 6.54 Å². The second kappa shape index (κ2) is 6.15. The molecule has 2 aromatic rings. The van der Waals surface area contributed by atoms with Crippen LogP contribution < -0.4 is 5.32 Å². The third-order valence-corrected chi connectivity index (χ3v) is 3.08. The van der Waals surface area contributed by atoms with E-state index in [1.165, 1.54) is 0 Å². The van der Waals surface area contributed by atoms with Crippen molar-refractivity contribution in [2.24, 2.45) is 7.05 Å². The minimum Gasteiger partial charge on any atom is -0.481 e. The average molecular weight is 259 g/mol. The number of hydrogen-bond donors (Lipinski definition) is 2. The van der Waals surface area contributed by atoms with Gasteiger partial charge in [-0.25, -0.2) is 0 Å². The number of hydrogen-bond acceptors (Lipinski definition) is 3. The van der Waals surface area contributed by atoms with Gasteiger partial charge in [0.1, 0.15) is 0 Å². The Labute approximate surface area is 111 Å². The summed E-state index contributed by atoms with van der Waals surface area (Å²) in [6.07, 6.45) is 1.73. The average Bonchev–Trinajstić information content (AvgIpc) is 2.81. The van der Waals surface area contributed by atoms with E-state index in [-0.39, 0.29) is 0 Å². The topological polar surface area (TPSA) is 67.2 Å². The first-order chi connectivity index (χ1) is 9.18. The molecule has 1 unspecified atom stereocenters. The molecule has 5 nitrogen and oxygen atoms in total. The molecule has 0 aliphatic carbocycles. The first-order valence-electron chi connectivity index (χ1n) is 6.14. The molecule has 1 aromatic heterocycles. The van der Waals surface area contributed by atoms with E-state index < -0.39 is 11.9 Å². The number of benzene rings is 1. The minimum atomic E-state index is -0.816. The summed E-state index contributed by atoms with van der Waals surface area (Å²) in [6, 6.07) is 11.2. The van der Waals surface area contributed by atoms with Gasteiger partial charge in [-0.15, -0.1) is 0 Å². The molecule has 0 spiro atoms. The molecule has 0 fully saturated rings. The Morgan fingerprint density at radius 1 is 1.37 bits per heavy atom. The maximum Gasteiger partial charge on any atom is 0.312 e. The monoisotopic (exact) mass is 259 g/mol. The summed E-state index contributed by atoms with van der Waals surface area (Å²) in [6.45, 7) is 0.998. The van der Waals surface area contributed by atoms with E-state index in [0.29, 0.717) is 13.1 Å². The predicted molar refractivity (Wildman–Crippen MR) is 71.7 cm³/mol. The van der Waals surface area contributed by atoms with Crippen molar-refractivity contribution in [3.05, 3.63) is 53.9 Å². The number of aromatic nitrogens is 2. The van der Waals surface area contributed by atoms with Crippen molar-refractivity contribution < 1.29 is 9.90 Å². The van der Waals surface area contributed by atoms with Gasteiger partial charge in [-0.1, -0.05) is 30.3 Å². The molecule has 0 aliphatic heterocycles. The molecule has 0 bridgehead atoms. The highest BCUT2D eigenvalue weighted by molar-refractivity contribution is 5.76. The molecule has 0 saturated carbocycles. The van der Waals surface area contributed by atoms with Crippen LogP contribution in [0.1, 0.15) is 17.2 Å². The van der Waals surface area contributed by atoms with Crippen molar-refractivity contribution >= 4 is 5.97 Å². The quantitative estimate of drug-likeness (QED) is 0.822. The van der Waals surface area contributed by atoms with Gasteiger partial charge in [0, 0.05) is 26.3 Å². The van der Waals surface area contributed by atoms with Crippen molar-refractivity contribution in [2.45, 2.75) is 12.5 Å². The number of rotatable bonds is 6. The van der Waals surface area contributed by atoms with Crippen LogP contribution in [0.15, 0.2) is 42.6 Å². The van der Waals surface area contributed by atoms with E-state index in [4.69, 9.17) is 0 Å². The molecule has 5 heteroatoms. The van der Waals surface area contributed by atoms with Gasteiger partial charge in [0.2, 0.25) is 0 Å². The number of nitrogens with zero attached hydrogens (tertiary/aromatic N) is 2. The Kier molecular flexibility index (Phi) is 4.30. The minimum absolute atomic E-state index is 0.393. The molecular weight excluding hydrogens is 242 g/mol. The van der Waals surface area contributed by atoms with Gasteiger partial charge < -0.3 is 10.4 Å². The van der Waals surface area contributed by atoms with Crippen LogP contribution in [0, 0.1) is 0 Å². The highest BCUT2D eigenvalue weighted by Crippen LogP contribution is 2.14. The van der Waals surface area contributed by atoms with Crippen LogP contribution in [0.25, 0.3) is 0 Å². The molecule has 1 aromatic carbocycles. The third kappa shape index (κ3) is 3.42. The molecule has 0 saturated heterocycles. The van der Waals surface area contributed by atoms with Gasteiger partial charge in [-0.05, 0) is 11.6 Å². The number of aliphatic carboxylic acids is 1. The van der Waals surface area contributed by atoms with E-state index in [9.17, 15) is 9.90 Å². The van der Waals surface area contributed by atoms with E-state index in [2.05, 4.69) is 10.4 Å². The number of carboxylic acid groups (broad SMARTS) is 1. The fraction of sp³-hybridized carbons (Fsp3) is 0.286. The lowest BCUT2D eigenvalue weighted by Crippen LogP contribution is -2.27. The fourth-order valence-electron chi connectivity index (χ4n) is 1.95. The summed E-state index contributed by atoms with van der Waals surface area (Å²) < 4.78 is 1.77. The molecule has 0 radical (unpaired) electrons. The summed E-state index contributed by atoms with van der Waals surface area (Å²) >= 11 is 0. The van der Waals surface area contributed by atoms with Crippen LogP contribution in [-0.4, -0.2) is 27.4 Å². The molecule has 2 rings (SSSR count). The Morgan fingerprint density at radius 2 is 2.11 bits per heavy atom. The summed E-state index contributed by atoms with van der Waals surface area (Å²) in [5, 5.41) is 16.5. The summed E-state index contributed by atoms with van der Waals surface area (Å²) in [5.41, 5.74) is 1.84. The largest absolute Gasteiger partial charge is 0.481 e. The second-order valence-electron chi connectivity index (χ2n) is 4.38. The van der Waals surface area contributed by atoms with Crippen molar-refractivity contribution in [1.29, 1.82) is 0 Å². The van der Waals surface area contributed by atoms with Crippen LogP contribution in [0.4, 0.5) is 0 Å². The van der Waals surface area contributed by atoms with Crippen LogP contribution in [0.5, 0.6) is 0 Å². The fourth-order valence-corrected chi connectivity index (χ4v) is 1.95. The third-order valence-electron chi connectivity index (χ3n) is 3.08. The maximum absolute atomic E-state index is 11.3. The SMILES string of the molecule is Cn1nccc1CNCC(C(=O)O)c1ccccc1. The number of aryl methyl sites for hydroxylation is 1.